The molecule has 4 rings (SSSR count). The van der Waals surface area contributed by atoms with Gasteiger partial charge in [-0.3, -0.25) is 19.3 Å². The van der Waals surface area contributed by atoms with Crippen LogP contribution in [0.4, 0.5) is 0 Å². The molecule has 5 nitrogen and oxygen atoms in total. The van der Waals surface area contributed by atoms with E-state index in [0.717, 1.165) is 45.2 Å². The summed E-state index contributed by atoms with van der Waals surface area (Å²) >= 11 is 0. The lowest BCUT2D eigenvalue weighted by atomic mass is 9.71. The third-order valence-corrected chi connectivity index (χ3v) is 7.37. The number of amides is 3. The molecule has 0 aromatic carbocycles. The van der Waals surface area contributed by atoms with Crippen LogP contribution in [-0.4, -0.2) is 46.7 Å². The fourth-order valence-electron chi connectivity index (χ4n) is 5.82. The Hall–Kier alpha value is -1.91. The molecule has 2 saturated heterocycles. The van der Waals surface area contributed by atoms with Crippen LogP contribution >= 0.6 is 0 Å². The molecule has 2 heterocycles. The standard InChI is InChI=1S/C24H34N2O3/c1-17(2)15-20(26-21(27)18-9-4-5-10-19(18)22(26)28)23(29)25-14-8-13-24(16-25)11-6-3-7-12-24/h3-6,17-20H,7-16H2,1-2H3/t18-,19-,20-,24-/m1/s1. The summed E-state index contributed by atoms with van der Waals surface area (Å²) in [7, 11) is 0. The van der Waals surface area contributed by atoms with E-state index in [1.54, 1.807) is 0 Å². The molecule has 2 aliphatic heterocycles. The Morgan fingerprint density at radius 2 is 1.76 bits per heavy atom. The van der Waals surface area contributed by atoms with Crippen LogP contribution in [0.3, 0.4) is 0 Å². The predicted octanol–water partition coefficient (Wildman–Crippen LogP) is 3.70. The molecule has 0 radical (unpaired) electrons. The number of hydrogen-bond donors (Lipinski definition) is 0. The van der Waals surface area contributed by atoms with E-state index in [9.17, 15) is 14.4 Å². The molecule has 2 aliphatic carbocycles. The molecule has 0 unspecified atom stereocenters. The lowest BCUT2D eigenvalue weighted by molar-refractivity contribution is -0.154. The summed E-state index contributed by atoms with van der Waals surface area (Å²) in [5, 5.41) is 0. The summed E-state index contributed by atoms with van der Waals surface area (Å²) in [5.41, 5.74) is 0.183. The third kappa shape index (κ3) is 3.80. The summed E-state index contributed by atoms with van der Waals surface area (Å²) in [5.74, 6) is -0.578. The zero-order valence-corrected chi connectivity index (χ0v) is 17.8. The van der Waals surface area contributed by atoms with E-state index in [-0.39, 0.29) is 40.9 Å². The van der Waals surface area contributed by atoms with Gasteiger partial charge in [-0.2, -0.15) is 0 Å². The highest BCUT2D eigenvalue weighted by atomic mass is 16.2. The highest BCUT2D eigenvalue weighted by molar-refractivity contribution is 6.08. The average molecular weight is 399 g/mol. The van der Waals surface area contributed by atoms with E-state index in [0.29, 0.717) is 19.3 Å². The SMILES string of the molecule is CC(C)C[C@H](C(=O)N1CCC[C@]2(CC=CCC2)C1)N1C(=O)[C@@H]2CC=CC[C@H]2C1=O. The maximum Gasteiger partial charge on any atom is 0.245 e. The van der Waals surface area contributed by atoms with E-state index in [1.807, 2.05) is 17.1 Å². The summed E-state index contributed by atoms with van der Waals surface area (Å²) in [6.07, 6.45) is 15.7. The van der Waals surface area contributed by atoms with Crippen molar-refractivity contribution in [2.24, 2.45) is 23.2 Å². The Balaban J connectivity index is 1.56. The van der Waals surface area contributed by atoms with Gasteiger partial charge in [-0.25, -0.2) is 0 Å². The van der Waals surface area contributed by atoms with Gasteiger partial charge in [0.25, 0.3) is 0 Å². The number of carbonyl (C=O) groups excluding carboxylic acids is 3. The molecule has 0 N–H and O–H groups in total. The molecule has 3 amide bonds. The van der Waals surface area contributed by atoms with Gasteiger partial charge in [-0.15, -0.1) is 0 Å². The van der Waals surface area contributed by atoms with E-state index < -0.39 is 6.04 Å². The second kappa shape index (κ2) is 8.08. The zero-order valence-electron chi connectivity index (χ0n) is 17.8. The molecule has 158 valence electrons. The minimum atomic E-state index is -0.644. The van der Waals surface area contributed by atoms with Gasteiger partial charge < -0.3 is 4.90 Å². The average Bonchev–Trinajstić information content (AvgIpc) is 2.97. The molecular formula is C24H34N2O3. The Morgan fingerprint density at radius 3 is 2.34 bits per heavy atom. The van der Waals surface area contributed by atoms with Crippen LogP contribution < -0.4 is 0 Å². The van der Waals surface area contributed by atoms with Crippen molar-refractivity contribution in [1.82, 2.24) is 9.80 Å². The number of hydrogen-bond acceptors (Lipinski definition) is 3. The number of fused-ring (bicyclic) bond motifs is 1. The fraction of sp³-hybridized carbons (Fsp3) is 0.708. The van der Waals surface area contributed by atoms with Crippen molar-refractivity contribution in [2.75, 3.05) is 13.1 Å². The molecule has 2 fully saturated rings. The Morgan fingerprint density at radius 1 is 1.07 bits per heavy atom. The molecular weight excluding hydrogens is 364 g/mol. The van der Waals surface area contributed by atoms with Crippen molar-refractivity contribution in [3.8, 4) is 0 Å². The largest absolute Gasteiger partial charge is 0.340 e. The van der Waals surface area contributed by atoms with Gasteiger partial charge in [0.2, 0.25) is 17.7 Å². The topological polar surface area (TPSA) is 57.7 Å². The van der Waals surface area contributed by atoms with Crippen LogP contribution in [0.5, 0.6) is 0 Å². The first-order valence-electron chi connectivity index (χ1n) is 11.4. The minimum Gasteiger partial charge on any atom is -0.340 e. The van der Waals surface area contributed by atoms with Gasteiger partial charge in [0, 0.05) is 13.1 Å². The first-order chi connectivity index (χ1) is 13.9. The van der Waals surface area contributed by atoms with Crippen molar-refractivity contribution in [1.29, 1.82) is 0 Å². The van der Waals surface area contributed by atoms with Crippen molar-refractivity contribution in [3.05, 3.63) is 24.3 Å². The molecule has 4 aliphatic rings. The molecule has 0 bridgehead atoms. The summed E-state index contributed by atoms with van der Waals surface area (Å²) in [6.45, 7) is 5.62. The monoisotopic (exact) mass is 398 g/mol. The third-order valence-electron chi connectivity index (χ3n) is 7.37. The van der Waals surface area contributed by atoms with E-state index in [4.69, 9.17) is 0 Å². The number of imide groups is 1. The number of allylic oxidation sites excluding steroid dienone is 4. The van der Waals surface area contributed by atoms with E-state index >= 15 is 0 Å². The van der Waals surface area contributed by atoms with Crippen molar-refractivity contribution in [3.63, 3.8) is 0 Å². The van der Waals surface area contributed by atoms with E-state index in [1.165, 1.54) is 4.90 Å². The quantitative estimate of drug-likeness (QED) is 0.536. The van der Waals surface area contributed by atoms with Gasteiger partial charge in [0.1, 0.15) is 6.04 Å². The molecule has 0 aromatic heterocycles. The van der Waals surface area contributed by atoms with Crippen LogP contribution in [0.1, 0.15) is 65.2 Å². The van der Waals surface area contributed by atoms with Gasteiger partial charge in [-0.1, -0.05) is 38.2 Å². The second-order valence-electron chi connectivity index (χ2n) is 9.93. The Labute approximate surface area is 174 Å². The van der Waals surface area contributed by atoms with Crippen LogP contribution in [0, 0.1) is 23.2 Å². The molecule has 29 heavy (non-hydrogen) atoms. The highest BCUT2D eigenvalue weighted by Crippen LogP contribution is 2.42. The second-order valence-corrected chi connectivity index (χ2v) is 9.93. The molecule has 5 heteroatoms. The minimum absolute atomic E-state index is 0.0133. The first kappa shape index (κ1) is 20.4. The number of carbonyl (C=O) groups is 3. The lowest BCUT2D eigenvalue weighted by Gasteiger charge is -2.45. The van der Waals surface area contributed by atoms with Crippen LogP contribution in [0.25, 0.3) is 0 Å². The maximum absolute atomic E-state index is 13.7. The summed E-state index contributed by atoms with van der Waals surface area (Å²) in [6, 6.07) is -0.644. The number of likely N-dealkylation sites (tertiary alicyclic amines) is 2. The smallest absolute Gasteiger partial charge is 0.245 e. The van der Waals surface area contributed by atoms with Crippen LogP contribution in [-0.2, 0) is 14.4 Å². The fourth-order valence-corrected chi connectivity index (χ4v) is 5.82. The van der Waals surface area contributed by atoms with Gasteiger partial charge >= 0.3 is 0 Å². The van der Waals surface area contributed by atoms with Crippen LogP contribution in [0.2, 0.25) is 0 Å². The molecule has 4 atom stereocenters. The Kier molecular flexibility index (Phi) is 5.67. The molecule has 0 saturated carbocycles. The maximum atomic E-state index is 13.7. The molecule has 1 spiro atoms. The van der Waals surface area contributed by atoms with Crippen molar-refractivity contribution < 1.29 is 14.4 Å². The van der Waals surface area contributed by atoms with Crippen molar-refractivity contribution >= 4 is 17.7 Å². The summed E-state index contributed by atoms with van der Waals surface area (Å²) < 4.78 is 0. The number of nitrogens with zero attached hydrogens (tertiary/aromatic N) is 2. The normalized spacial score (nSPS) is 32.9. The highest BCUT2D eigenvalue weighted by Gasteiger charge is 2.52. The zero-order chi connectivity index (χ0) is 20.6. The number of piperidine rings is 1. The number of rotatable bonds is 4. The van der Waals surface area contributed by atoms with Crippen LogP contribution in [0.15, 0.2) is 24.3 Å². The van der Waals surface area contributed by atoms with E-state index in [2.05, 4.69) is 26.0 Å². The Bertz CT molecular complexity index is 714. The lowest BCUT2D eigenvalue weighted by Crippen LogP contribution is -2.55. The molecule has 0 aromatic rings. The first-order valence-corrected chi connectivity index (χ1v) is 11.4. The van der Waals surface area contributed by atoms with Crippen molar-refractivity contribution in [2.45, 2.75) is 71.3 Å². The summed E-state index contributed by atoms with van der Waals surface area (Å²) in [4.78, 5) is 43.3. The van der Waals surface area contributed by atoms with Gasteiger partial charge in [0.05, 0.1) is 11.8 Å². The predicted molar refractivity (Wildman–Crippen MR) is 112 cm³/mol. The van der Waals surface area contributed by atoms with Gasteiger partial charge in [-0.05, 0) is 62.7 Å². The van der Waals surface area contributed by atoms with Gasteiger partial charge in [0.15, 0.2) is 0 Å².